The average molecular weight is 757 g/mol. The van der Waals surface area contributed by atoms with Gasteiger partial charge in [-0.05, 0) is 25.1 Å². The molecule has 3 aliphatic rings. The minimum atomic E-state index is -1.86. The first kappa shape index (κ1) is 39.0. The van der Waals surface area contributed by atoms with Crippen molar-refractivity contribution in [2.75, 3.05) is 13.2 Å². The summed E-state index contributed by atoms with van der Waals surface area (Å²) in [7, 11) is 0. The van der Waals surface area contributed by atoms with Crippen LogP contribution in [0.3, 0.4) is 0 Å². The van der Waals surface area contributed by atoms with Crippen molar-refractivity contribution in [2.45, 2.75) is 99.0 Å². The average Bonchev–Trinajstić information content (AvgIpc) is 3.12. The predicted molar refractivity (Wildman–Crippen MR) is 171 cm³/mol. The first-order valence-electron chi connectivity index (χ1n) is 16.4. The maximum Gasteiger partial charge on any atom is 0.229 e. The Morgan fingerprint density at radius 1 is 0.642 bits per heavy atom. The number of aliphatic hydroxyl groups is 10. The molecule has 4 heterocycles. The van der Waals surface area contributed by atoms with Gasteiger partial charge in [0.05, 0.1) is 19.3 Å². The number of hydrogen-bond donors (Lipinski definition) is 12. The van der Waals surface area contributed by atoms with Gasteiger partial charge in [-0.25, -0.2) is 0 Å². The van der Waals surface area contributed by atoms with Crippen molar-refractivity contribution in [2.24, 2.45) is 0 Å². The van der Waals surface area contributed by atoms with Crippen molar-refractivity contribution < 1.29 is 94.1 Å². The number of benzene rings is 2. The van der Waals surface area contributed by atoms with Crippen molar-refractivity contribution in [3.05, 3.63) is 46.6 Å². The summed E-state index contributed by atoms with van der Waals surface area (Å²) in [5.41, 5.74) is -0.837. The molecule has 0 aliphatic carbocycles. The van der Waals surface area contributed by atoms with E-state index in [4.69, 9.17) is 32.8 Å². The van der Waals surface area contributed by atoms with Crippen LogP contribution >= 0.6 is 0 Å². The zero-order valence-electron chi connectivity index (χ0n) is 27.7. The molecule has 6 rings (SSSR count). The third-order valence-electron chi connectivity index (χ3n) is 9.27. The van der Waals surface area contributed by atoms with E-state index >= 15 is 0 Å². The van der Waals surface area contributed by atoms with Gasteiger partial charge < -0.3 is 94.1 Å². The quantitative estimate of drug-likeness (QED) is 0.0992. The molecule has 3 saturated heterocycles. The SMILES string of the molecule is C[C@@H]1O[C@@H](OC[C@H]2O[C@@H](Oc3cc(O)c4c(=O)cc(-c5ccc(O)c(O[C@@H]6O[C@H](CO)[C@@H](O)[C@H](O)[C@H]6O)c5)oc4c3)[C@H](O)[C@@H](O)[C@@H]2O)[C@@H](O)[C@@H](O)[C@H]1O. The van der Waals surface area contributed by atoms with Gasteiger partial charge in [0.1, 0.15) is 95.4 Å². The smallest absolute Gasteiger partial charge is 0.229 e. The fourth-order valence-electron chi connectivity index (χ4n) is 6.13. The largest absolute Gasteiger partial charge is 0.507 e. The second kappa shape index (κ2) is 15.6. The lowest BCUT2D eigenvalue weighted by Crippen LogP contribution is -2.61. The number of rotatable bonds is 9. The summed E-state index contributed by atoms with van der Waals surface area (Å²) >= 11 is 0. The molecule has 292 valence electrons. The maximum absolute atomic E-state index is 13.1. The Kier molecular flexibility index (Phi) is 11.5. The molecule has 3 fully saturated rings. The second-order valence-corrected chi connectivity index (χ2v) is 12.9. The zero-order chi connectivity index (χ0) is 38.5. The predicted octanol–water partition coefficient (Wildman–Crippen LogP) is -3.92. The highest BCUT2D eigenvalue weighted by molar-refractivity contribution is 5.86. The Labute approximate surface area is 298 Å². The highest BCUT2D eigenvalue weighted by Gasteiger charge is 2.48. The molecule has 0 amide bonds. The molecule has 0 bridgehead atoms. The standard InChI is InChI=1S/C33H40O20/c1-10-22(38)25(41)28(44)31(48-10)47-9-20-24(40)27(43)29(45)32(53-20)49-12-5-14(36)21-15(37)7-16(50-18(21)6-12)11-2-3-13(35)17(4-11)51-33-30(46)26(42)23(39)19(8-34)52-33/h2-7,10,19-20,22-36,38-46H,8-9H2,1H3/t10-,19+,20+,22-,23+,24+,25-,26-,27-,28-,29+,30+,31+,32+,33+/m0/s1. The first-order valence-corrected chi connectivity index (χ1v) is 16.4. The van der Waals surface area contributed by atoms with Crippen molar-refractivity contribution in [3.8, 4) is 34.3 Å². The van der Waals surface area contributed by atoms with Gasteiger partial charge in [-0.1, -0.05) is 0 Å². The van der Waals surface area contributed by atoms with Crippen LogP contribution < -0.4 is 14.9 Å². The summed E-state index contributed by atoms with van der Waals surface area (Å²) in [6.45, 7) is 0.151. The molecule has 1 aromatic heterocycles. The fraction of sp³-hybridized carbons (Fsp3) is 0.545. The molecule has 53 heavy (non-hydrogen) atoms. The Balaban J connectivity index is 1.21. The van der Waals surface area contributed by atoms with Crippen molar-refractivity contribution in [1.29, 1.82) is 0 Å². The molecule has 12 N–H and O–H groups in total. The molecular formula is C33H40O20. The van der Waals surface area contributed by atoms with E-state index in [2.05, 4.69) is 0 Å². The lowest BCUT2D eigenvalue weighted by Gasteiger charge is -2.42. The van der Waals surface area contributed by atoms with Crippen LogP contribution in [0.2, 0.25) is 0 Å². The maximum atomic E-state index is 13.1. The van der Waals surface area contributed by atoms with Gasteiger partial charge in [-0.3, -0.25) is 4.79 Å². The Morgan fingerprint density at radius 2 is 1.25 bits per heavy atom. The van der Waals surface area contributed by atoms with Gasteiger partial charge in [0.25, 0.3) is 0 Å². The highest BCUT2D eigenvalue weighted by atomic mass is 16.7. The molecule has 2 aromatic carbocycles. The first-order chi connectivity index (χ1) is 25.1. The number of fused-ring (bicyclic) bond motifs is 1. The van der Waals surface area contributed by atoms with Crippen LogP contribution in [0.5, 0.6) is 23.0 Å². The van der Waals surface area contributed by atoms with Crippen LogP contribution in [0.4, 0.5) is 0 Å². The van der Waals surface area contributed by atoms with Crippen LogP contribution in [-0.2, 0) is 18.9 Å². The Morgan fingerprint density at radius 3 is 1.92 bits per heavy atom. The molecule has 20 nitrogen and oxygen atoms in total. The van der Waals surface area contributed by atoms with Gasteiger partial charge in [0.2, 0.25) is 12.6 Å². The van der Waals surface area contributed by atoms with Crippen LogP contribution in [0.15, 0.2) is 45.6 Å². The molecule has 3 aliphatic heterocycles. The topological polar surface area (TPSA) is 328 Å². The molecule has 0 saturated carbocycles. The summed E-state index contributed by atoms with van der Waals surface area (Å²) in [6, 6.07) is 6.88. The molecule has 3 aromatic rings. The summed E-state index contributed by atoms with van der Waals surface area (Å²) in [5, 5.41) is 123. The van der Waals surface area contributed by atoms with E-state index in [0.717, 1.165) is 24.3 Å². The summed E-state index contributed by atoms with van der Waals surface area (Å²) in [5.74, 6) is -1.75. The second-order valence-electron chi connectivity index (χ2n) is 12.9. The fourth-order valence-corrected chi connectivity index (χ4v) is 6.13. The highest BCUT2D eigenvalue weighted by Crippen LogP contribution is 2.37. The van der Waals surface area contributed by atoms with Gasteiger partial charge >= 0.3 is 0 Å². The third-order valence-corrected chi connectivity index (χ3v) is 9.27. The zero-order valence-corrected chi connectivity index (χ0v) is 27.7. The minimum Gasteiger partial charge on any atom is -0.507 e. The van der Waals surface area contributed by atoms with E-state index in [9.17, 15) is 66.1 Å². The Hall–Kier alpha value is -3.71. The summed E-state index contributed by atoms with van der Waals surface area (Å²) in [6.07, 6.45) is -23.8. The molecule has 0 radical (unpaired) electrons. The number of aromatic hydroxyl groups is 2. The molecule has 0 spiro atoms. The van der Waals surface area contributed by atoms with Gasteiger partial charge in [-0.2, -0.15) is 0 Å². The van der Waals surface area contributed by atoms with Crippen molar-refractivity contribution in [1.82, 2.24) is 0 Å². The third kappa shape index (κ3) is 7.65. The van der Waals surface area contributed by atoms with Crippen molar-refractivity contribution in [3.63, 3.8) is 0 Å². The van der Waals surface area contributed by atoms with E-state index in [0.29, 0.717) is 0 Å². The van der Waals surface area contributed by atoms with Gasteiger partial charge in [0.15, 0.2) is 23.2 Å². The number of phenols is 2. The van der Waals surface area contributed by atoms with E-state index in [1.54, 1.807) is 0 Å². The number of aliphatic hydroxyl groups excluding tert-OH is 10. The van der Waals surface area contributed by atoms with E-state index in [-0.39, 0.29) is 33.8 Å². The van der Waals surface area contributed by atoms with E-state index in [1.165, 1.54) is 19.1 Å². The summed E-state index contributed by atoms with van der Waals surface area (Å²) < 4.78 is 38.9. The summed E-state index contributed by atoms with van der Waals surface area (Å²) in [4.78, 5) is 13.1. The van der Waals surface area contributed by atoms with Crippen LogP contribution in [0.1, 0.15) is 6.92 Å². The Bertz CT molecular complexity index is 1800. The molecule has 0 unspecified atom stereocenters. The lowest BCUT2D eigenvalue weighted by molar-refractivity contribution is -0.318. The van der Waals surface area contributed by atoms with Crippen LogP contribution in [-0.4, -0.2) is 167 Å². The van der Waals surface area contributed by atoms with Crippen LogP contribution in [0, 0.1) is 0 Å². The van der Waals surface area contributed by atoms with E-state index < -0.39 is 122 Å². The molecular weight excluding hydrogens is 716 g/mol. The van der Waals surface area contributed by atoms with Crippen molar-refractivity contribution >= 4 is 11.0 Å². The number of hydrogen-bond acceptors (Lipinski definition) is 20. The van der Waals surface area contributed by atoms with E-state index in [1.807, 2.05) is 0 Å². The van der Waals surface area contributed by atoms with Gasteiger partial charge in [0, 0.05) is 23.8 Å². The molecule has 20 heteroatoms. The minimum absolute atomic E-state index is 0.124. The lowest BCUT2D eigenvalue weighted by atomic mass is 9.98. The number of phenolic OH excluding ortho intramolecular Hbond substituents is 2. The molecule has 15 atom stereocenters. The van der Waals surface area contributed by atoms with Gasteiger partial charge in [-0.15, -0.1) is 0 Å². The monoisotopic (exact) mass is 756 g/mol. The van der Waals surface area contributed by atoms with Crippen LogP contribution in [0.25, 0.3) is 22.3 Å². The normalized spacial score (nSPS) is 37.8. The number of ether oxygens (including phenoxy) is 6.